The summed E-state index contributed by atoms with van der Waals surface area (Å²) < 4.78 is 4.42. The van der Waals surface area contributed by atoms with Crippen LogP contribution in [0.25, 0.3) is 0 Å². The molecule has 2 aromatic rings. The highest BCUT2D eigenvalue weighted by Crippen LogP contribution is 2.34. The van der Waals surface area contributed by atoms with E-state index in [1.165, 1.54) is 0 Å². The van der Waals surface area contributed by atoms with Gasteiger partial charge in [-0.05, 0) is 33.7 Å². The molecule has 7 heteroatoms. The average molecular weight is 317 g/mol. The highest BCUT2D eigenvalue weighted by Gasteiger charge is 2.32. The lowest BCUT2D eigenvalue weighted by Gasteiger charge is -2.31. The highest BCUT2D eigenvalue weighted by atomic mass is 15.3. The Morgan fingerprint density at radius 2 is 1.91 bits per heavy atom. The van der Waals surface area contributed by atoms with E-state index in [-0.39, 0.29) is 0 Å². The molecule has 0 unspecified atom stereocenters. The van der Waals surface area contributed by atoms with Crippen LogP contribution in [0, 0.1) is 0 Å². The number of hydrogen-bond donors (Lipinski definition) is 1. The van der Waals surface area contributed by atoms with Crippen LogP contribution in [0.2, 0.25) is 0 Å². The molecule has 0 radical (unpaired) electrons. The van der Waals surface area contributed by atoms with Gasteiger partial charge in [0.25, 0.3) is 0 Å². The Hall–Kier alpha value is -1.73. The van der Waals surface area contributed by atoms with Crippen LogP contribution in [0.1, 0.15) is 50.1 Å². The van der Waals surface area contributed by atoms with Crippen molar-refractivity contribution in [2.75, 3.05) is 7.05 Å². The van der Waals surface area contributed by atoms with Gasteiger partial charge < -0.3 is 14.9 Å². The van der Waals surface area contributed by atoms with Gasteiger partial charge in [0.1, 0.15) is 17.5 Å². The van der Waals surface area contributed by atoms with Crippen molar-refractivity contribution in [3.8, 4) is 0 Å². The van der Waals surface area contributed by atoms with E-state index >= 15 is 0 Å². The van der Waals surface area contributed by atoms with Crippen LogP contribution < -0.4 is 5.73 Å². The SMILES string of the molecule is CCn1ccnc1CN(C)Cc1nnc(C2CC(N)C2)n1CC. The minimum Gasteiger partial charge on any atom is -0.334 e. The molecule has 0 amide bonds. The minimum atomic E-state index is 0.334. The van der Waals surface area contributed by atoms with Gasteiger partial charge in [0.05, 0.1) is 13.1 Å². The third-order valence-electron chi connectivity index (χ3n) is 4.68. The Labute approximate surface area is 137 Å². The molecule has 0 aliphatic heterocycles. The maximum absolute atomic E-state index is 5.91. The number of nitrogens with two attached hydrogens (primary N) is 1. The van der Waals surface area contributed by atoms with Crippen molar-refractivity contribution >= 4 is 0 Å². The third kappa shape index (κ3) is 3.30. The summed E-state index contributed by atoms with van der Waals surface area (Å²) >= 11 is 0. The Bertz CT molecular complexity index is 639. The largest absolute Gasteiger partial charge is 0.334 e. The van der Waals surface area contributed by atoms with Crippen LogP contribution in [0.15, 0.2) is 12.4 Å². The van der Waals surface area contributed by atoms with Crippen LogP contribution in [0.4, 0.5) is 0 Å². The first-order valence-corrected chi connectivity index (χ1v) is 8.48. The van der Waals surface area contributed by atoms with Gasteiger partial charge in [0.15, 0.2) is 0 Å². The quantitative estimate of drug-likeness (QED) is 0.834. The van der Waals surface area contributed by atoms with E-state index in [9.17, 15) is 0 Å². The standard InChI is InChI=1S/C16H27N7/c1-4-22-7-6-18-14(22)10-21(3)11-15-19-20-16(23(15)5-2)12-8-13(17)9-12/h6-7,12-13H,4-5,8-11,17H2,1-3H3. The normalized spacial score (nSPS) is 20.9. The summed E-state index contributed by atoms with van der Waals surface area (Å²) in [5.74, 6) is 3.70. The van der Waals surface area contributed by atoms with E-state index in [1.54, 1.807) is 0 Å². The predicted octanol–water partition coefficient (Wildman–Crippen LogP) is 1.35. The molecule has 1 aliphatic carbocycles. The fraction of sp³-hybridized carbons (Fsp3) is 0.688. The topological polar surface area (TPSA) is 77.8 Å². The summed E-state index contributed by atoms with van der Waals surface area (Å²) in [5, 5.41) is 8.87. The minimum absolute atomic E-state index is 0.334. The van der Waals surface area contributed by atoms with Crippen molar-refractivity contribution in [2.24, 2.45) is 5.73 Å². The second-order valence-electron chi connectivity index (χ2n) is 6.45. The maximum Gasteiger partial charge on any atom is 0.147 e. The third-order valence-corrected chi connectivity index (χ3v) is 4.68. The first-order valence-electron chi connectivity index (χ1n) is 8.48. The molecule has 0 atom stereocenters. The molecule has 1 aliphatic rings. The molecule has 7 nitrogen and oxygen atoms in total. The molecule has 2 heterocycles. The molecule has 1 fully saturated rings. The molecule has 23 heavy (non-hydrogen) atoms. The highest BCUT2D eigenvalue weighted by molar-refractivity contribution is 5.08. The molecule has 1 saturated carbocycles. The summed E-state index contributed by atoms with van der Waals surface area (Å²) in [7, 11) is 2.10. The first kappa shape index (κ1) is 16.1. The summed E-state index contributed by atoms with van der Waals surface area (Å²) in [6.45, 7) is 7.71. The van der Waals surface area contributed by atoms with Gasteiger partial charge in [-0.1, -0.05) is 0 Å². The second kappa shape index (κ2) is 6.80. The number of aryl methyl sites for hydroxylation is 1. The molecule has 0 saturated heterocycles. The predicted molar refractivity (Wildman–Crippen MR) is 88.7 cm³/mol. The van der Waals surface area contributed by atoms with Crippen LogP contribution in [0.5, 0.6) is 0 Å². The lowest BCUT2D eigenvalue weighted by molar-refractivity contribution is 0.289. The van der Waals surface area contributed by atoms with Gasteiger partial charge in [-0.25, -0.2) is 4.98 Å². The van der Waals surface area contributed by atoms with Crippen molar-refractivity contribution in [1.82, 2.24) is 29.2 Å². The summed E-state index contributed by atoms with van der Waals surface area (Å²) in [5.41, 5.74) is 5.91. The lowest BCUT2D eigenvalue weighted by Crippen LogP contribution is -2.36. The van der Waals surface area contributed by atoms with E-state index in [0.717, 1.165) is 56.5 Å². The van der Waals surface area contributed by atoms with Gasteiger partial charge in [0.2, 0.25) is 0 Å². The van der Waals surface area contributed by atoms with E-state index in [4.69, 9.17) is 5.73 Å². The Morgan fingerprint density at radius 3 is 2.57 bits per heavy atom. The van der Waals surface area contributed by atoms with Crippen molar-refractivity contribution < 1.29 is 0 Å². The molecule has 126 valence electrons. The van der Waals surface area contributed by atoms with E-state index in [0.29, 0.717) is 12.0 Å². The Balaban J connectivity index is 1.67. The molecule has 2 aromatic heterocycles. The van der Waals surface area contributed by atoms with Crippen LogP contribution in [0.3, 0.4) is 0 Å². The van der Waals surface area contributed by atoms with Crippen LogP contribution >= 0.6 is 0 Å². The van der Waals surface area contributed by atoms with E-state index in [2.05, 4.69) is 50.1 Å². The van der Waals surface area contributed by atoms with Crippen LogP contribution in [-0.2, 0) is 26.2 Å². The summed E-state index contributed by atoms with van der Waals surface area (Å²) in [4.78, 5) is 6.68. The number of imidazole rings is 1. The molecular formula is C16H27N7. The zero-order valence-electron chi connectivity index (χ0n) is 14.3. The zero-order chi connectivity index (χ0) is 16.4. The van der Waals surface area contributed by atoms with E-state index < -0.39 is 0 Å². The molecule has 0 spiro atoms. The average Bonchev–Trinajstić information content (AvgIpc) is 3.10. The van der Waals surface area contributed by atoms with Gasteiger partial charge in [-0.3, -0.25) is 4.90 Å². The van der Waals surface area contributed by atoms with Gasteiger partial charge >= 0.3 is 0 Å². The summed E-state index contributed by atoms with van der Waals surface area (Å²) in [6, 6.07) is 0.334. The fourth-order valence-corrected chi connectivity index (χ4v) is 3.30. The molecule has 3 rings (SSSR count). The number of rotatable bonds is 7. The van der Waals surface area contributed by atoms with E-state index in [1.807, 2.05) is 12.4 Å². The zero-order valence-corrected chi connectivity index (χ0v) is 14.3. The van der Waals surface area contributed by atoms with Crippen LogP contribution in [-0.4, -0.2) is 42.3 Å². The summed E-state index contributed by atoms with van der Waals surface area (Å²) in [6.07, 6.45) is 5.94. The number of aromatic nitrogens is 5. The Morgan fingerprint density at radius 1 is 1.17 bits per heavy atom. The van der Waals surface area contributed by atoms with Crippen molar-refractivity contribution in [3.05, 3.63) is 29.9 Å². The molecule has 0 bridgehead atoms. The van der Waals surface area contributed by atoms with Gasteiger partial charge in [-0.15, -0.1) is 10.2 Å². The fourth-order valence-electron chi connectivity index (χ4n) is 3.30. The van der Waals surface area contributed by atoms with Gasteiger partial charge in [0, 0.05) is 37.4 Å². The smallest absolute Gasteiger partial charge is 0.147 e. The Kier molecular flexibility index (Phi) is 4.77. The van der Waals surface area contributed by atoms with Crippen molar-refractivity contribution in [2.45, 2.75) is 64.8 Å². The lowest BCUT2D eigenvalue weighted by atomic mass is 9.80. The molecular weight excluding hydrogens is 290 g/mol. The number of nitrogens with zero attached hydrogens (tertiary/aromatic N) is 6. The molecule has 0 aromatic carbocycles. The maximum atomic E-state index is 5.91. The monoisotopic (exact) mass is 317 g/mol. The second-order valence-corrected chi connectivity index (χ2v) is 6.45. The van der Waals surface area contributed by atoms with Gasteiger partial charge in [-0.2, -0.15) is 0 Å². The number of hydrogen-bond acceptors (Lipinski definition) is 5. The molecule has 2 N–H and O–H groups in total. The van der Waals surface area contributed by atoms with Crippen molar-refractivity contribution in [1.29, 1.82) is 0 Å². The van der Waals surface area contributed by atoms with Crippen molar-refractivity contribution in [3.63, 3.8) is 0 Å². The first-order chi connectivity index (χ1) is 11.1.